The third kappa shape index (κ3) is 6.05. The fourth-order valence-electron chi connectivity index (χ4n) is 2.39. The molecule has 1 aromatic carbocycles. The molecular weight excluding hydrogens is 461 g/mol. The van der Waals surface area contributed by atoms with Crippen LogP contribution in [0.15, 0.2) is 40.7 Å². The van der Waals surface area contributed by atoms with Gasteiger partial charge in [0, 0.05) is 35.6 Å². The van der Waals surface area contributed by atoms with E-state index in [2.05, 4.69) is 47.0 Å². The summed E-state index contributed by atoms with van der Waals surface area (Å²) in [5.41, 5.74) is 0.921. The number of thiophene rings is 1. The first-order chi connectivity index (χ1) is 12.0. The molecule has 0 amide bonds. The first-order valence-electron chi connectivity index (χ1n) is 8.32. The van der Waals surface area contributed by atoms with Crippen LogP contribution in [0, 0.1) is 0 Å². The fraction of sp³-hybridized carbons (Fsp3) is 0.421. The maximum Gasteiger partial charge on any atom is 0.195 e. The van der Waals surface area contributed by atoms with Gasteiger partial charge in [0.25, 0.3) is 0 Å². The highest BCUT2D eigenvalue weighted by molar-refractivity contribution is 14.0. The second-order valence-electron chi connectivity index (χ2n) is 6.21. The van der Waals surface area contributed by atoms with Gasteiger partial charge in [0.2, 0.25) is 0 Å². The van der Waals surface area contributed by atoms with E-state index in [0.29, 0.717) is 12.4 Å². The Hall–Kier alpha value is -1.48. The van der Waals surface area contributed by atoms with Crippen LogP contribution >= 0.6 is 35.3 Å². The van der Waals surface area contributed by atoms with Gasteiger partial charge in [-0.1, -0.05) is 19.9 Å². The van der Waals surface area contributed by atoms with E-state index in [1.807, 2.05) is 25.1 Å². The molecule has 0 aliphatic heterocycles. The summed E-state index contributed by atoms with van der Waals surface area (Å²) < 4.78 is 10.9. The van der Waals surface area contributed by atoms with Crippen LogP contribution < -0.4 is 20.1 Å². The van der Waals surface area contributed by atoms with Gasteiger partial charge in [-0.3, -0.25) is 4.99 Å². The molecule has 7 heteroatoms. The summed E-state index contributed by atoms with van der Waals surface area (Å²) in [5, 5.41) is 8.80. The molecule has 0 aliphatic rings. The topological polar surface area (TPSA) is 54.9 Å². The Labute approximate surface area is 177 Å². The Morgan fingerprint density at radius 1 is 1.23 bits per heavy atom. The van der Waals surface area contributed by atoms with Crippen LogP contribution in [0.2, 0.25) is 0 Å². The Morgan fingerprint density at radius 2 is 2.00 bits per heavy atom. The number of nitrogens with zero attached hydrogens (tertiary/aromatic N) is 1. The van der Waals surface area contributed by atoms with Crippen molar-refractivity contribution in [3.05, 3.63) is 40.6 Å². The lowest BCUT2D eigenvalue weighted by Crippen LogP contribution is -2.39. The molecule has 0 radical (unpaired) electrons. The zero-order valence-electron chi connectivity index (χ0n) is 16.0. The zero-order chi connectivity index (χ0) is 18.3. The average molecular weight is 489 g/mol. The van der Waals surface area contributed by atoms with Crippen molar-refractivity contribution in [2.45, 2.75) is 26.2 Å². The van der Waals surface area contributed by atoms with Gasteiger partial charge in [-0.25, -0.2) is 0 Å². The zero-order valence-corrected chi connectivity index (χ0v) is 19.1. The van der Waals surface area contributed by atoms with Gasteiger partial charge in [0.05, 0.1) is 13.7 Å². The summed E-state index contributed by atoms with van der Waals surface area (Å²) in [6.45, 7) is 7.77. The van der Waals surface area contributed by atoms with Gasteiger partial charge in [0.1, 0.15) is 0 Å². The number of hydrogen-bond acceptors (Lipinski definition) is 4. The molecule has 0 saturated heterocycles. The van der Waals surface area contributed by atoms with Gasteiger partial charge in [-0.2, -0.15) is 0 Å². The van der Waals surface area contributed by atoms with Crippen molar-refractivity contribution in [2.24, 2.45) is 4.99 Å². The standard InChI is InChI=1S/C19H27N3O2S.HI/c1-6-24-15-10-9-14(12-16(15)23-5)22-18(20-4)21-13-19(2,3)17-8-7-11-25-17;/h7-12H,6,13H2,1-5H3,(H2,20,21,22);1H. The van der Waals surface area contributed by atoms with Gasteiger partial charge >= 0.3 is 0 Å². The lowest BCUT2D eigenvalue weighted by molar-refractivity contribution is 0.311. The van der Waals surface area contributed by atoms with Crippen molar-refractivity contribution in [1.29, 1.82) is 0 Å². The third-order valence-corrected chi connectivity index (χ3v) is 5.07. The van der Waals surface area contributed by atoms with Gasteiger partial charge < -0.3 is 20.1 Å². The summed E-state index contributed by atoms with van der Waals surface area (Å²) in [6, 6.07) is 10.0. The minimum atomic E-state index is 0. The van der Waals surface area contributed by atoms with Crippen molar-refractivity contribution >= 4 is 47.0 Å². The second kappa shape index (κ2) is 10.6. The molecule has 1 aromatic heterocycles. The van der Waals surface area contributed by atoms with Crippen LogP contribution in [-0.4, -0.2) is 33.3 Å². The highest BCUT2D eigenvalue weighted by Gasteiger charge is 2.22. The van der Waals surface area contributed by atoms with Gasteiger partial charge in [-0.15, -0.1) is 35.3 Å². The van der Waals surface area contributed by atoms with Crippen LogP contribution in [-0.2, 0) is 5.41 Å². The maximum atomic E-state index is 5.55. The number of halogens is 1. The largest absolute Gasteiger partial charge is 0.493 e. The SMILES string of the molecule is CCOc1ccc(NC(=NC)NCC(C)(C)c2cccs2)cc1OC.I. The Bertz CT molecular complexity index is 703. The number of aliphatic imine (C=N–C) groups is 1. The Kier molecular flexibility index (Phi) is 9.21. The van der Waals surface area contributed by atoms with Crippen molar-refractivity contribution < 1.29 is 9.47 Å². The summed E-state index contributed by atoms with van der Waals surface area (Å²) in [6.07, 6.45) is 0. The molecule has 0 bridgehead atoms. The normalized spacial score (nSPS) is 11.5. The number of hydrogen-bond donors (Lipinski definition) is 2. The van der Waals surface area contributed by atoms with E-state index in [9.17, 15) is 0 Å². The lowest BCUT2D eigenvalue weighted by Gasteiger charge is -2.25. The lowest BCUT2D eigenvalue weighted by atomic mass is 9.91. The van der Waals surface area contributed by atoms with Crippen molar-refractivity contribution in [3.63, 3.8) is 0 Å². The minimum absolute atomic E-state index is 0. The molecule has 2 aromatic rings. The number of anilines is 1. The van der Waals surface area contributed by atoms with Crippen LogP contribution in [0.1, 0.15) is 25.6 Å². The van der Waals surface area contributed by atoms with E-state index in [0.717, 1.165) is 23.9 Å². The number of nitrogens with one attached hydrogen (secondary N) is 2. The van der Waals surface area contributed by atoms with Gasteiger partial charge in [-0.05, 0) is 30.5 Å². The Balaban J connectivity index is 0.00000338. The van der Waals surface area contributed by atoms with E-state index in [4.69, 9.17) is 9.47 Å². The van der Waals surface area contributed by atoms with E-state index >= 15 is 0 Å². The third-order valence-electron chi connectivity index (χ3n) is 3.84. The first-order valence-corrected chi connectivity index (χ1v) is 9.20. The number of guanidine groups is 1. The predicted octanol–water partition coefficient (Wildman–Crippen LogP) is 4.74. The number of rotatable bonds is 7. The molecule has 0 atom stereocenters. The molecule has 2 N–H and O–H groups in total. The van der Waals surface area contributed by atoms with Crippen molar-refractivity contribution in [3.8, 4) is 11.5 Å². The predicted molar refractivity (Wildman–Crippen MR) is 122 cm³/mol. The van der Waals surface area contributed by atoms with Crippen molar-refractivity contribution in [1.82, 2.24) is 5.32 Å². The van der Waals surface area contributed by atoms with Gasteiger partial charge in [0.15, 0.2) is 17.5 Å². The van der Waals surface area contributed by atoms with Crippen LogP contribution in [0.5, 0.6) is 11.5 Å². The monoisotopic (exact) mass is 489 g/mol. The number of methoxy groups -OCH3 is 1. The van der Waals surface area contributed by atoms with Crippen LogP contribution in [0.25, 0.3) is 0 Å². The number of benzene rings is 1. The summed E-state index contributed by atoms with van der Waals surface area (Å²) >= 11 is 1.77. The molecule has 0 aliphatic carbocycles. The van der Waals surface area contributed by atoms with E-state index < -0.39 is 0 Å². The molecule has 0 saturated carbocycles. The molecule has 0 fully saturated rings. The average Bonchev–Trinajstić information content (AvgIpc) is 3.15. The molecule has 0 unspecified atom stereocenters. The first kappa shape index (κ1) is 22.6. The molecular formula is C19H28IN3O2S. The van der Waals surface area contributed by atoms with Crippen molar-refractivity contribution in [2.75, 3.05) is 32.6 Å². The molecule has 0 spiro atoms. The van der Waals surface area contributed by atoms with E-state index in [1.54, 1.807) is 25.5 Å². The minimum Gasteiger partial charge on any atom is -0.493 e. The quantitative estimate of drug-likeness (QED) is 0.335. The van der Waals surface area contributed by atoms with E-state index in [1.165, 1.54) is 4.88 Å². The molecule has 5 nitrogen and oxygen atoms in total. The fourth-order valence-corrected chi connectivity index (χ4v) is 3.24. The molecule has 1 heterocycles. The summed E-state index contributed by atoms with van der Waals surface area (Å²) in [4.78, 5) is 5.65. The smallest absolute Gasteiger partial charge is 0.195 e. The highest BCUT2D eigenvalue weighted by atomic mass is 127. The van der Waals surface area contributed by atoms with Crippen LogP contribution in [0.3, 0.4) is 0 Å². The second-order valence-corrected chi connectivity index (χ2v) is 7.16. The molecule has 2 rings (SSSR count). The molecule has 26 heavy (non-hydrogen) atoms. The maximum absolute atomic E-state index is 5.55. The summed E-state index contributed by atoms with van der Waals surface area (Å²) in [5.74, 6) is 2.15. The number of ether oxygens (including phenoxy) is 2. The van der Waals surface area contributed by atoms with E-state index in [-0.39, 0.29) is 29.4 Å². The highest BCUT2D eigenvalue weighted by Crippen LogP contribution is 2.30. The summed E-state index contributed by atoms with van der Waals surface area (Å²) in [7, 11) is 3.40. The molecule has 144 valence electrons. The Morgan fingerprint density at radius 3 is 2.58 bits per heavy atom. The van der Waals surface area contributed by atoms with Crippen LogP contribution in [0.4, 0.5) is 5.69 Å².